The Labute approximate surface area is 160 Å². The molecule has 27 heavy (non-hydrogen) atoms. The highest BCUT2D eigenvalue weighted by atomic mass is 16.5. The van der Waals surface area contributed by atoms with Crippen LogP contribution in [0.1, 0.15) is 45.1 Å². The lowest BCUT2D eigenvalue weighted by atomic mass is 9.81. The predicted octanol–water partition coefficient (Wildman–Crippen LogP) is 4.68. The molecule has 0 radical (unpaired) electrons. The Morgan fingerprint density at radius 3 is 2.89 bits per heavy atom. The van der Waals surface area contributed by atoms with Crippen LogP contribution < -0.4 is 5.32 Å². The maximum absolute atomic E-state index is 13.2. The number of morpholine rings is 1. The van der Waals surface area contributed by atoms with Crippen LogP contribution in [-0.2, 0) is 4.74 Å². The number of hydrogen-bond acceptors (Lipinski definition) is 2. The second-order valence-electron chi connectivity index (χ2n) is 9.52. The molecule has 1 aliphatic heterocycles. The first-order chi connectivity index (χ1) is 12.8. The first-order valence-corrected chi connectivity index (χ1v) is 10.2. The summed E-state index contributed by atoms with van der Waals surface area (Å²) in [6.07, 6.45) is 6.89. The molecule has 1 saturated heterocycles. The van der Waals surface area contributed by atoms with Gasteiger partial charge in [-0.05, 0) is 87.4 Å². The number of aryl methyl sites for hydroxylation is 1. The Balaban J connectivity index is 1.39. The van der Waals surface area contributed by atoms with E-state index >= 15 is 0 Å². The van der Waals surface area contributed by atoms with Gasteiger partial charge in [-0.3, -0.25) is 0 Å². The van der Waals surface area contributed by atoms with Gasteiger partial charge in [0.05, 0.1) is 24.3 Å². The van der Waals surface area contributed by atoms with Crippen LogP contribution in [0.2, 0.25) is 0 Å². The van der Waals surface area contributed by atoms with Crippen LogP contribution in [0.3, 0.4) is 0 Å². The number of H-pyrrole nitrogens is 1. The van der Waals surface area contributed by atoms with Crippen molar-refractivity contribution in [2.24, 2.45) is 11.8 Å². The van der Waals surface area contributed by atoms with Gasteiger partial charge >= 0.3 is 6.03 Å². The van der Waals surface area contributed by atoms with Crippen LogP contribution in [0.25, 0.3) is 10.9 Å². The molecule has 5 rings (SSSR count). The number of carbonyl (C=O) groups is 1. The monoisotopic (exact) mass is 367 g/mol. The van der Waals surface area contributed by atoms with Crippen molar-refractivity contribution in [3.05, 3.63) is 30.0 Å². The van der Waals surface area contributed by atoms with Crippen LogP contribution in [-0.4, -0.2) is 40.2 Å². The SMILES string of the molecule is Cc1cc2cc[nH]c2cc1NC(=O)N1CC(C)(C)O[C@@]2(C[C@@H]3CC[C@H]2C3)C1. The molecule has 2 bridgehead atoms. The van der Waals surface area contributed by atoms with E-state index in [1.807, 2.05) is 24.1 Å². The number of ether oxygens (including phenoxy) is 1. The minimum atomic E-state index is -0.307. The number of rotatable bonds is 1. The van der Waals surface area contributed by atoms with Crippen molar-refractivity contribution < 1.29 is 9.53 Å². The van der Waals surface area contributed by atoms with Gasteiger partial charge in [0.25, 0.3) is 0 Å². The summed E-state index contributed by atoms with van der Waals surface area (Å²) >= 11 is 0. The summed E-state index contributed by atoms with van der Waals surface area (Å²) in [7, 11) is 0. The normalized spacial score (nSPS) is 31.7. The highest BCUT2D eigenvalue weighted by molar-refractivity contribution is 5.94. The largest absolute Gasteiger partial charge is 0.365 e. The van der Waals surface area contributed by atoms with E-state index in [1.54, 1.807) is 0 Å². The molecule has 2 aromatic rings. The number of nitrogens with zero attached hydrogens (tertiary/aromatic N) is 1. The zero-order valence-corrected chi connectivity index (χ0v) is 16.5. The number of carbonyl (C=O) groups excluding carboxylic acids is 1. The summed E-state index contributed by atoms with van der Waals surface area (Å²) < 4.78 is 6.63. The quantitative estimate of drug-likeness (QED) is 0.769. The van der Waals surface area contributed by atoms with Crippen molar-refractivity contribution in [3.8, 4) is 0 Å². The van der Waals surface area contributed by atoms with E-state index in [0.717, 1.165) is 29.1 Å². The third kappa shape index (κ3) is 2.83. The summed E-state index contributed by atoms with van der Waals surface area (Å²) in [6, 6.07) is 6.18. The summed E-state index contributed by atoms with van der Waals surface area (Å²) in [5, 5.41) is 4.33. The van der Waals surface area contributed by atoms with E-state index in [0.29, 0.717) is 19.0 Å². The second-order valence-corrected chi connectivity index (χ2v) is 9.52. The molecule has 5 heteroatoms. The van der Waals surface area contributed by atoms with Crippen molar-refractivity contribution in [2.45, 2.75) is 57.7 Å². The first kappa shape index (κ1) is 17.1. The number of anilines is 1. The lowest BCUT2D eigenvalue weighted by Gasteiger charge is -2.52. The fraction of sp³-hybridized carbons (Fsp3) is 0.591. The molecule has 2 N–H and O–H groups in total. The van der Waals surface area contributed by atoms with Crippen molar-refractivity contribution in [3.63, 3.8) is 0 Å². The molecule has 5 nitrogen and oxygen atoms in total. The van der Waals surface area contributed by atoms with Gasteiger partial charge in [0, 0.05) is 17.4 Å². The first-order valence-electron chi connectivity index (χ1n) is 10.2. The highest BCUT2D eigenvalue weighted by Gasteiger charge is 2.57. The Hall–Kier alpha value is -2.01. The zero-order valence-electron chi connectivity index (χ0n) is 16.5. The standard InChI is InChI=1S/C22H29N3O2/c1-14-8-16-6-7-23-19(16)10-18(14)24-20(26)25-12-21(2,3)27-22(13-25)11-15-4-5-17(22)9-15/h6-8,10,15,17,23H,4-5,9,11-13H2,1-3H3,(H,24,26)/t15-,17+,22+/m1/s1. The maximum Gasteiger partial charge on any atom is 0.322 e. The highest BCUT2D eigenvalue weighted by Crippen LogP contribution is 2.55. The Kier molecular flexibility index (Phi) is 3.64. The van der Waals surface area contributed by atoms with Crippen molar-refractivity contribution in [1.29, 1.82) is 0 Å². The number of amides is 2. The summed E-state index contributed by atoms with van der Waals surface area (Å²) in [6.45, 7) is 7.63. The van der Waals surface area contributed by atoms with Gasteiger partial charge in [0.2, 0.25) is 0 Å². The van der Waals surface area contributed by atoms with Crippen LogP contribution in [0.4, 0.5) is 10.5 Å². The number of benzene rings is 1. The van der Waals surface area contributed by atoms with Crippen molar-refractivity contribution in [1.82, 2.24) is 9.88 Å². The number of urea groups is 1. The fourth-order valence-corrected chi connectivity index (χ4v) is 5.85. The summed E-state index contributed by atoms with van der Waals surface area (Å²) in [5.74, 6) is 1.39. The molecular formula is C22H29N3O2. The van der Waals surface area contributed by atoms with Gasteiger partial charge < -0.3 is 19.9 Å². The third-order valence-corrected chi connectivity index (χ3v) is 6.86. The predicted molar refractivity (Wildman–Crippen MR) is 107 cm³/mol. The lowest BCUT2D eigenvalue weighted by molar-refractivity contribution is -0.207. The molecule has 2 saturated carbocycles. The van der Waals surface area contributed by atoms with E-state index < -0.39 is 0 Å². The van der Waals surface area contributed by atoms with Crippen LogP contribution in [0.15, 0.2) is 24.4 Å². The molecule has 144 valence electrons. The van der Waals surface area contributed by atoms with E-state index in [9.17, 15) is 4.79 Å². The fourth-order valence-electron chi connectivity index (χ4n) is 5.85. The average molecular weight is 367 g/mol. The van der Waals surface area contributed by atoms with E-state index in [1.165, 1.54) is 24.6 Å². The van der Waals surface area contributed by atoms with Gasteiger partial charge in [-0.15, -0.1) is 0 Å². The van der Waals surface area contributed by atoms with Crippen LogP contribution in [0.5, 0.6) is 0 Å². The molecule has 2 heterocycles. The van der Waals surface area contributed by atoms with Gasteiger partial charge in [0.1, 0.15) is 0 Å². The molecule has 3 aliphatic rings. The smallest absolute Gasteiger partial charge is 0.322 e. The molecule has 2 aliphatic carbocycles. The molecule has 1 aromatic heterocycles. The third-order valence-electron chi connectivity index (χ3n) is 6.86. The molecule has 2 amide bonds. The number of nitrogens with one attached hydrogen (secondary N) is 2. The Bertz CT molecular complexity index is 902. The number of fused-ring (bicyclic) bond motifs is 4. The molecule has 0 unspecified atom stereocenters. The van der Waals surface area contributed by atoms with Gasteiger partial charge in [-0.2, -0.15) is 0 Å². The van der Waals surface area contributed by atoms with Crippen LogP contribution in [0, 0.1) is 18.8 Å². The van der Waals surface area contributed by atoms with E-state index in [2.05, 4.69) is 36.3 Å². The topological polar surface area (TPSA) is 57.4 Å². The van der Waals surface area contributed by atoms with Gasteiger partial charge in [-0.1, -0.05) is 0 Å². The zero-order chi connectivity index (χ0) is 18.8. The minimum absolute atomic E-state index is 0.0115. The number of aromatic nitrogens is 1. The molecule has 3 atom stereocenters. The van der Waals surface area contributed by atoms with Gasteiger partial charge in [0.15, 0.2) is 0 Å². The van der Waals surface area contributed by atoms with Crippen LogP contribution >= 0.6 is 0 Å². The minimum Gasteiger partial charge on any atom is -0.365 e. The molecule has 1 spiro atoms. The lowest BCUT2D eigenvalue weighted by Crippen LogP contribution is -2.63. The molecule has 1 aromatic carbocycles. The average Bonchev–Trinajstić information content (AvgIpc) is 3.29. The number of aromatic amines is 1. The Morgan fingerprint density at radius 2 is 2.15 bits per heavy atom. The van der Waals surface area contributed by atoms with Crippen molar-refractivity contribution in [2.75, 3.05) is 18.4 Å². The van der Waals surface area contributed by atoms with E-state index in [4.69, 9.17) is 4.74 Å². The maximum atomic E-state index is 13.2. The molecule has 3 fully saturated rings. The van der Waals surface area contributed by atoms with Gasteiger partial charge in [-0.25, -0.2) is 4.79 Å². The van der Waals surface area contributed by atoms with E-state index in [-0.39, 0.29) is 17.2 Å². The summed E-state index contributed by atoms with van der Waals surface area (Å²) in [4.78, 5) is 18.4. The molecular weight excluding hydrogens is 338 g/mol. The Morgan fingerprint density at radius 1 is 1.30 bits per heavy atom. The van der Waals surface area contributed by atoms with Crippen molar-refractivity contribution >= 4 is 22.6 Å². The second kappa shape index (κ2) is 5.74. The number of hydrogen-bond donors (Lipinski definition) is 2. The summed E-state index contributed by atoms with van der Waals surface area (Å²) in [5.41, 5.74) is 2.56.